The van der Waals surface area contributed by atoms with Crippen molar-refractivity contribution in [3.63, 3.8) is 0 Å². The maximum atomic E-state index is 12.1. The Hall–Kier alpha value is -4.21. The van der Waals surface area contributed by atoms with E-state index < -0.39 is 23.4 Å². The first-order valence-corrected chi connectivity index (χ1v) is 8.85. The van der Waals surface area contributed by atoms with Gasteiger partial charge in [0.25, 0.3) is 11.6 Å². The summed E-state index contributed by atoms with van der Waals surface area (Å²) in [5, 5.41) is 13.6. The fourth-order valence-electron chi connectivity index (χ4n) is 2.55. The summed E-state index contributed by atoms with van der Waals surface area (Å²) >= 11 is 0. The Balaban J connectivity index is 1.59. The minimum atomic E-state index is -0.714. The van der Waals surface area contributed by atoms with E-state index in [-0.39, 0.29) is 16.9 Å². The van der Waals surface area contributed by atoms with Gasteiger partial charge in [-0.1, -0.05) is 12.1 Å². The average molecular weight is 411 g/mol. The minimum Gasteiger partial charge on any atom is -0.494 e. The van der Waals surface area contributed by atoms with Gasteiger partial charge in [-0.2, -0.15) is 0 Å². The molecule has 0 aliphatic carbocycles. The SMILES string of the molecule is CCOc1ccc(NC(=O)COC(=O)c2ccc(-c3cnco3)cc2)c([N+](=O)[O-])c1. The van der Waals surface area contributed by atoms with Crippen molar-refractivity contribution < 1.29 is 28.4 Å². The van der Waals surface area contributed by atoms with Crippen LogP contribution in [0.4, 0.5) is 11.4 Å². The minimum absolute atomic E-state index is 0.0269. The van der Waals surface area contributed by atoms with Crippen LogP contribution in [-0.4, -0.2) is 35.0 Å². The summed E-state index contributed by atoms with van der Waals surface area (Å²) in [6.45, 7) is 1.49. The second-order valence-electron chi connectivity index (χ2n) is 5.94. The van der Waals surface area contributed by atoms with Crippen LogP contribution in [0.2, 0.25) is 0 Å². The van der Waals surface area contributed by atoms with Gasteiger partial charge in [0.15, 0.2) is 18.8 Å². The molecule has 10 heteroatoms. The number of ether oxygens (including phenoxy) is 2. The molecule has 1 N–H and O–H groups in total. The number of nitrogens with zero attached hydrogens (tertiary/aromatic N) is 2. The van der Waals surface area contributed by atoms with Gasteiger partial charge in [-0.25, -0.2) is 9.78 Å². The van der Waals surface area contributed by atoms with Crippen LogP contribution >= 0.6 is 0 Å². The zero-order valence-electron chi connectivity index (χ0n) is 15.9. The quantitative estimate of drug-likeness (QED) is 0.338. The zero-order valence-corrected chi connectivity index (χ0v) is 15.9. The summed E-state index contributed by atoms with van der Waals surface area (Å²) in [7, 11) is 0. The molecule has 0 atom stereocenters. The van der Waals surface area contributed by atoms with Crippen molar-refractivity contribution in [3.05, 3.63) is 70.7 Å². The molecule has 0 radical (unpaired) electrons. The third-order valence-electron chi connectivity index (χ3n) is 3.92. The van der Waals surface area contributed by atoms with E-state index in [9.17, 15) is 19.7 Å². The summed E-state index contributed by atoms with van der Waals surface area (Å²) in [5.74, 6) is -0.571. The molecule has 1 aromatic heterocycles. The smallest absolute Gasteiger partial charge is 0.338 e. The van der Waals surface area contributed by atoms with Crippen LogP contribution in [-0.2, 0) is 9.53 Å². The van der Waals surface area contributed by atoms with Crippen molar-refractivity contribution in [2.45, 2.75) is 6.92 Å². The number of oxazole rings is 1. The predicted molar refractivity (Wildman–Crippen MR) is 105 cm³/mol. The first-order valence-electron chi connectivity index (χ1n) is 8.85. The van der Waals surface area contributed by atoms with Gasteiger partial charge in [-0.15, -0.1) is 0 Å². The molecule has 0 aliphatic rings. The lowest BCUT2D eigenvalue weighted by Gasteiger charge is -2.09. The number of hydrogen-bond donors (Lipinski definition) is 1. The summed E-state index contributed by atoms with van der Waals surface area (Å²) < 4.78 is 15.4. The standard InChI is InChI=1S/C20H17N3O7/c1-2-28-15-7-8-16(17(9-15)23(26)27)22-19(24)11-29-20(25)14-5-3-13(4-6-14)18-10-21-12-30-18/h3-10,12H,2,11H2,1H3,(H,22,24). The van der Waals surface area contributed by atoms with Crippen LogP contribution < -0.4 is 10.1 Å². The van der Waals surface area contributed by atoms with Crippen molar-refractivity contribution in [2.75, 3.05) is 18.5 Å². The van der Waals surface area contributed by atoms with Gasteiger partial charge in [0, 0.05) is 5.56 Å². The number of aromatic nitrogens is 1. The predicted octanol–water partition coefficient (Wildman–Crippen LogP) is 3.44. The van der Waals surface area contributed by atoms with E-state index in [0.29, 0.717) is 18.1 Å². The van der Waals surface area contributed by atoms with Crippen molar-refractivity contribution in [2.24, 2.45) is 0 Å². The monoisotopic (exact) mass is 411 g/mol. The largest absolute Gasteiger partial charge is 0.494 e. The Labute approximate surface area is 170 Å². The summed E-state index contributed by atoms with van der Waals surface area (Å²) in [5.41, 5.74) is 0.604. The van der Waals surface area contributed by atoms with Crippen LogP contribution in [0.5, 0.6) is 5.75 Å². The highest BCUT2D eigenvalue weighted by Gasteiger charge is 2.18. The Kier molecular flexibility index (Phi) is 6.38. The van der Waals surface area contributed by atoms with Gasteiger partial charge in [-0.05, 0) is 31.2 Å². The molecular weight excluding hydrogens is 394 g/mol. The van der Waals surface area contributed by atoms with Crippen LogP contribution in [0.15, 0.2) is 59.5 Å². The normalized spacial score (nSPS) is 10.3. The number of carbonyl (C=O) groups is 2. The topological polar surface area (TPSA) is 134 Å². The fourth-order valence-corrected chi connectivity index (χ4v) is 2.55. The van der Waals surface area contributed by atoms with E-state index >= 15 is 0 Å². The maximum Gasteiger partial charge on any atom is 0.338 e. The molecule has 3 rings (SSSR count). The van der Waals surface area contributed by atoms with Gasteiger partial charge in [-0.3, -0.25) is 14.9 Å². The summed E-state index contributed by atoms with van der Waals surface area (Å²) in [6, 6.07) is 10.4. The molecule has 0 aliphatic heterocycles. The Bertz CT molecular complexity index is 1050. The molecule has 1 heterocycles. The van der Waals surface area contributed by atoms with E-state index in [1.54, 1.807) is 19.1 Å². The third-order valence-corrected chi connectivity index (χ3v) is 3.92. The van der Waals surface area contributed by atoms with Crippen molar-refractivity contribution in [3.8, 4) is 17.1 Å². The molecular formula is C20H17N3O7. The molecule has 30 heavy (non-hydrogen) atoms. The maximum absolute atomic E-state index is 12.1. The molecule has 2 aromatic carbocycles. The summed E-state index contributed by atoms with van der Waals surface area (Å²) in [6.07, 6.45) is 2.84. The third kappa shape index (κ3) is 4.98. The van der Waals surface area contributed by atoms with Crippen LogP contribution in [0.25, 0.3) is 11.3 Å². The second kappa shape index (κ2) is 9.32. The number of carbonyl (C=O) groups excluding carboxylic acids is 2. The summed E-state index contributed by atoms with van der Waals surface area (Å²) in [4.78, 5) is 38.6. The van der Waals surface area contributed by atoms with E-state index in [4.69, 9.17) is 13.9 Å². The zero-order chi connectivity index (χ0) is 21.5. The number of nitro benzene ring substituents is 1. The molecule has 0 saturated heterocycles. The highest BCUT2D eigenvalue weighted by molar-refractivity contribution is 5.97. The van der Waals surface area contributed by atoms with Gasteiger partial charge in [0.05, 0.1) is 29.4 Å². The molecule has 10 nitrogen and oxygen atoms in total. The van der Waals surface area contributed by atoms with Gasteiger partial charge in [0.1, 0.15) is 11.4 Å². The molecule has 0 bridgehead atoms. The molecule has 154 valence electrons. The molecule has 0 fully saturated rings. The first kappa shape index (κ1) is 20.5. The van der Waals surface area contributed by atoms with E-state index in [0.717, 1.165) is 5.56 Å². The van der Waals surface area contributed by atoms with E-state index in [2.05, 4.69) is 10.3 Å². The molecule has 0 spiro atoms. The number of rotatable bonds is 8. The van der Waals surface area contributed by atoms with E-state index in [1.165, 1.54) is 42.9 Å². The first-order chi connectivity index (χ1) is 14.5. The number of nitrogens with one attached hydrogen (secondary N) is 1. The molecule has 3 aromatic rings. The van der Waals surface area contributed by atoms with Gasteiger partial charge >= 0.3 is 5.97 Å². The van der Waals surface area contributed by atoms with Crippen LogP contribution in [0, 0.1) is 10.1 Å². The van der Waals surface area contributed by atoms with Crippen molar-refractivity contribution >= 4 is 23.3 Å². The average Bonchev–Trinajstić information content (AvgIpc) is 3.28. The number of amides is 1. The van der Waals surface area contributed by atoms with Crippen LogP contribution in [0.3, 0.4) is 0 Å². The number of anilines is 1. The van der Waals surface area contributed by atoms with Crippen molar-refractivity contribution in [1.82, 2.24) is 4.98 Å². The van der Waals surface area contributed by atoms with Gasteiger partial charge < -0.3 is 19.2 Å². The lowest BCUT2D eigenvalue weighted by molar-refractivity contribution is -0.384. The number of esters is 1. The molecule has 0 saturated carbocycles. The number of hydrogen-bond acceptors (Lipinski definition) is 8. The Morgan fingerprint density at radius 2 is 1.97 bits per heavy atom. The highest BCUT2D eigenvalue weighted by atomic mass is 16.6. The van der Waals surface area contributed by atoms with E-state index in [1.807, 2.05) is 0 Å². The Morgan fingerprint density at radius 1 is 1.20 bits per heavy atom. The fraction of sp³-hybridized carbons (Fsp3) is 0.150. The Morgan fingerprint density at radius 3 is 2.60 bits per heavy atom. The highest BCUT2D eigenvalue weighted by Crippen LogP contribution is 2.29. The lowest BCUT2D eigenvalue weighted by atomic mass is 10.1. The van der Waals surface area contributed by atoms with Crippen LogP contribution in [0.1, 0.15) is 17.3 Å². The number of nitro groups is 1. The molecule has 0 unspecified atom stereocenters. The van der Waals surface area contributed by atoms with Gasteiger partial charge in [0.2, 0.25) is 0 Å². The lowest BCUT2D eigenvalue weighted by Crippen LogP contribution is -2.21. The van der Waals surface area contributed by atoms with Crippen molar-refractivity contribution in [1.29, 1.82) is 0 Å². The molecule has 1 amide bonds. The number of benzene rings is 2. The second-order valence-corrected chi connectivity index (χ2v) is 5.94.